The van der Waals surface area contributed by atoms with Crippen LogP contribution in [0.25, 0.3) is 87.6 Å². The van der Waals surface area contributed by atoms with Crippen molar-refractivity contribution in [3.05, 3.63) is 169 Å². The molecule has 0 aliphatic heterocycles. The first kappa shape index (κ1) is 26.5. The zero-order chi connectivity index (χ0) is 31.3. The van der Waals surface area contributed by atoms with Crippen molar-refractivity contribution in [2.45, 2.75) is 19.3 Å². The van der Waals surface area contributed by atoms with Gasteiger partial charge in [-0.2, -0.15) is 0 Å². The minimum Gasteiger partial charge on any atom is -0.0622 e. The quantitative estimate of drug-likeness (QED) is 0.178. The molecule has 10 rings (SSSR count). The second-order valence-electron chi connectivity index (χ2n) is 13.7. The Morgan fingerprint density at radius 3 is 1.74 bits per heavy atom. The van der Waals surface area contributed by atoms with Crippen LogP contribution in [0.1, 0.15) is 25.0 Å². The topological polar surface area (TPSA) is 0 Å². The van der Waals surface area contributed by atoms with Crippen molar-refractivity contribution >= 4 is 43.1 Å². The Morgan fingerprint density at radius 2 is 0.915 bits per heavy atom. The lowest BCUT2D eigenvalue weighted by atomic mass is 9.68. The van der Waals surface area contributed by atoms with Gasteiger partial charge in [0.15, 0.2) is 0 Å². The van der Waals surface area contributed by atoms with Crippen LogP contribution in [-0.4, -0.2) is 0 Å². The zero-order valence-corrected chi connectivity index (χ0v) is 26.5. The minimum absolute atomic E-state index is 0.120. The molecule has 9 aromatic rings. The summed E-state index contributed by atoms with van der Waals surface area (Å²) in [5.74, 6) is 0. The molecule has 0 saturated heterocycles. The molecule has 0 fully saturated rings. The summed E-state index contributed by atoms with van der Waals surface area (Å²) < 4.78 is 0. The Morgan fingerprint density at radius 1 is 0.319 bits per heavy atom. The van der Waals surface area contributed by atoms with E-state index in [9.17, 15) is 0 Å². The Labute approximate surface area is 274 Å². The Hall–Kier alpha value is -5.72. The third-order valence-electron chi connectivity index (χ3n) is 10.8. The zero-order valence-electron chi connectivity index (χ0n) is 26.5. The molecule has 0 atom stereocenters. The van der Waals surface area contributed by atoms with Gasteiger partial charge >= 0.3 is 0 Å². The van der Waals surface area contributed by atoms with E-state index in [1.165, 1.54) is 98.7 Å². The molecule has 0 spiro atoms. The van der Waals surface area contributed by atoms with Crippen LogP contribution >= 0.6 is 0 Å². The fourth-order valence-electron chi connectivity index (χ4n) is 8.45. The van der Waals surface area contributed by atoms with E-state index in [0.29, 0.717) is 0 Å². The van der Waals surface area contributed by atoms with Crippen LogP contribution in [0.5, 0.6) is 0 Å². The summed E-state index contributed by atoms with van der Waals surface area (Å²) in [6, 6.07) is 59.1. The monoisotopic (exact) mass is 596 g/mol. The fourth-order valence-corrected chi connectivity index (χ4v) is 8.45. The van der Waals surface area contributed by atoms with Gasteiger partial charge < -0.3 is 0 Å². The number of benzene rings is 9. The van der Waals surface area contributed by atoms with E-state index >= 15 is 0 Å². The highest BCUT2D eigenvalue weighted by atomic mass is 14.4. The van der Waals surface area contributed by atoms with Crippen molar-refractivity contribution in [2.24, 2.45) is 0 Å². The Kier molecular flexibility index (Phi) is 5.44. The maximum atomic E-state index is 2.47. The molecule has 9 aromatic carbocycles. The van der Waals surface area contributed by atoms with E-state index in [1.807, 2.05) is 0 Å². The molecular formula is C47H32. The first-order valence-electron chi connectivity index (χ1n) is 16.6. The van der Waals surface area contributed by atoms with Crippen LogP contribution in [0.4, 0.5) is 0 Å². The summed E-state index contributed by atoms with van der Waals surface area (Å²) in [7, 11) is 0. The minimum atomic E-state index is -0.120. The third kappa shape index (κ3) is 3.82. The molecule has 0 unspecified atom stereocenters. The molecule has 220 valence electrons. The first-order valence-corrected chi connectivity index (χ1v) is 16.6. The molecule has 0 N–H and O–H groups in total. The van der Waals surface area contributed by atoms with Crippen molar-refractivity contribution in [3.8, 4) is 44.5 Å². The van der Waals surface area contributed by atoms with Crippen LogP contribution in [0.15, 0.2) is 158 Å². The standard InChI is InChI=1S/C47H32/c1-47(2)42-17-7-6-15-39(42)40-16-9-14-33-24-36(28-43(47)45(33)40)35-25-34(29-10-4-3-5-11-29)26-37(27-35)38-22-20-32-19-18-30-12-8-13-31-21-23-41(38)46(32)44(30)31/h3-28H,1-2H3. The van der Waals surface area contributed by atoms with E-state index in [-0.39, 0.29) is 5.41 Å². The third-order valence-corrected chi connectivity index (χ3v) is 10.8. The predicted molar refractivity (Wildman–Crippen MR) is 202 cm³/mol. The molecular weight excluding hydrogens is 565 g/mol. The van der Waals surface area contributed by atoms with Crippen LogP contribution < -0.4 is 0 Å². The van der Waals surface area contributed by atoms with Crippen molar-refractivity contribution in [1.29, 1.82) is 0 Å². The van der Waals surface area contributed by atoms with E-state index < -0.39 is 0 Å². The molecule has 1 aliphatic rings. The van der Waals surface area contributed by atoms with Crippen LogP contribution in [0, 0.1) is 0 Å². The molecule has 0 heteroatoms. The maximum absolute atomic E-state index is 2.47. The molecule has 0 radical (unpaired) electrons. The van der Waals surface area contributed by atoms with Crippen LogP contribution in [-0.2, 0) is 5.41 Å². The Bertz CT molecular complexity index is 2670. The number of rotatable bonds is 3. The average Bonchev–Trinajstić information content (AvgIpc) is 3.13. The Balaban J connectivity index is 1.25. The van der Waals surface area contributed by atoms with Crippen LogP contribution in [0.3, 0.4) is 0 Å². The van der Waals surface area contributed by atoms with Gasteiger partial charge in [-0.25, -0.2) is 0 Å². The van der Waals surface area contributed by atoms with Gasteiger partial charge in [-0.15, -0.1) is 0 Å². The van der Waals surface area contributed by atoms with Crippen molar-refractivity contribution in [1.82, 2.24) is 0 Å². The number of hydrogen-bond acceptors (Lipinski definition) is 0. The molecule has 0 amide bonds. The van der Waals surface area contributed by atoms with Gasteiger partial charge in [-0.3, -0.25) is 0 Å². The highest BCUT2D eigenvalue weighted by Crippen LogP contribution is 2.50. The van der Waals surface area contributed by atoms with Crippen molar-refractivity contribution in [2.75, 3.05) is 0 Å². The molecule has 0 bridgehead atoms. The summed E-state index contributed by atoms with van der Waals surface area (Å²) in [6.45, 7) is 4.77. The van der Waals surface area contributed by atoms with E-state index in [0.717, 1.165) is 0 Å². The molecule has 0 aromatic heterocycles. The lowest BCUT2D eigenvalue weighted by Gasteiger charge is -2.35. The number of hydrogen-bond donors (Lipinski definition) is 0. The van der Waals surface area contributed by atoms with E-state index in [1.54, 1.807) is 0 Å². The first-order chi connectivity index (χ1) is 23.0. The fraction of sp³-hybridized carbons (Fsp3) is 0.0638. The van der Waals surface area contributed by atoms with Gasteiger partial charge in [0.2, 0.25) is 0 Å². The van der Waals surface area contributed by atoms with Gasteiger partial charge in [0.1, 0.15) is 0 Å². The second-order valence-corrected chi connectivity index (χ2v) is 13.7. The van der Waals surface area contributed by atoms with E-state index in [4.69, 9.17) is 0 Å². The largest absolute Gasteiger partial charge is 0.0622 e. The smallest absolute Gasteiger partial charge is 0.0159 e. The molecule has 0 nitrogen and oxygen atoms in total. The highest BCUT2D eigenvalue weighted by molar-refractivity contribution is 6.25. The SMILES string of the molecule is CC1(C)c2ccccc2-c2cccc3cc(-c4cc(-c5ccccc5)cc(-c5ccc6ccc7cccc8ccc5c6c78)c4)cc1c23. The second kappa shape index (κ2) is 9.64. The molecule has 1 aliphatic carbocycles. The van der Waals surface area contributed by atoms with Crippen molar-refractivity contribution < 1.29 is 0 Å². The predicted octanol–water partition coefficient (Wildman–Crippen LogP) is 13.0. The summed E-state index contributed by atoms with van der Waals surface area (Å²) in [5, 5.41) is 10.6. The average molecular weight is 597 g/mol. The molecule has 0 heterocycles. The normalized spacial score (nSPS) is 13.5. The van der Waals surface area contributed by atoms with Gasteiger partial charge in [-0.05, 0) is 129 Å². The lowest BCUT2D eigenvalue weighted by Crippen LogP contribution is -2.23. The number of fused-ring (bicyclic) bond motifs is 2. The van der Waals surface area contributed by atoms with Gasteiger partial charge in [-0.1, -0.05) is 141 Å². The summed E-state index contributed by atoms with van der Waals surface area (Å²) in [5.41, 5.74) is 12.8. The van der Waals surface area contributed by atoms with Crippen LogP contribution in [0.2, 0.25) is 0 Å². The highest BCUT2D eigenvalue weighted by Gasteiger charge is 2.33. The van der Waals surface area contributed by atoms with E-state index in [2.05, 4.69) is 172 Å². The van der Waals surface area contributed by atoms with Crippen molar-refractivity contribution in [3.63, 3.8) is 0 Å². The summed E-state index contributed by atoms with van der Waals surface area (Å²) >= 11 is 0. The maximum Gasteiger partial charge on any atom is 0.0159 e. The van der Waals surface area contributed by atoms with Gasteiger partial charge in [0.25, 0.3) is 0 Å². The van der Waals surface area contributed by atoms with Gasteiger partial charge in [0, 0.05) is 5.41 Å². The summed E-state index contributed by atoms with van der Waals surface area (Å²) in [6.07, 6.45) is 0. The lowest BCUT2D eigenvalue weighted by molar-refractivity contribution is 0.645. The van der Waals surface area contributed by atoms with Gasteiger partial charge in [0.05, 0.1) is 0 Å². The summed E-state index contributed by atoms with van der Waals surface area (Å²) in [4.78, 5) is 0. The molecule has 47 heavy (non-hydrogen) atoms. The molecule has 0 saturated carbocycles.